The summed E-state index contributed by atoms with van der Waals surface area (Å²) >= 11 is 3.10. The molecule has 0 saturated carbocycles. The van der Waals surface area contributed by atoms with E-state index in [9.17, 15) is 32.7 Å². The molecule has 0 aliphatic carbocycles. The second kappa shape index (κ2) is 11.4. The van der Waals surface area contributed by atoms with Crippen molar-refractivity contribution in [2.24, 2.45) is 5.73 Å². The van der Waals surface area contributed by atoms with E-state index in [0.29, 0.717) is 36.5 Å². The Morgan fingerprint density at radius 1 is 1.20 bits per heavy atom. The van der Waals surface area contributed by atoms with Gasteiger partial charge in [-0.1, -0.05) is 22.0 Å². The van der Waals surface area contributed by atoms with Crippen molar-refractivity contribution >= 4 is 50.4 Å². The van der Waals surface area contributed by atoms with Gasteiger partial charge in [0.2, 0.25) is 11.3 Å². The number of carboxylic acid groups (broad SMARTS) is 2. The van der Waals surface area contributed by atoms with E-state index >= 15 is 4.39 Å². The number of benzene rings is 2. The van der Waals surface area contributed by atoms with Gasteiger partial charge < -0.3 is 35.5 Å². The maximum absolute atomic E-state index is 15.4. The predicted octanol–water partition coefficient (Wildman–Crippen LogP) is 3.12. The lowest BCUT2D eigenvalue weighted by atomic mass is 10.0. The first kappa shape index (κ1) is 29.8. The van der Waals surface area contributed by atoms with Crippen LogP contribution in [0.4, 0.5) is 23.2 Å². The highest BCUT2D eigenvalue weighted by Gasteiger charge is 2.38. The van der Waals surface area contributed by atoms with Gasteiger partial charge in [0.05, 0.1) is 16.4 Å². The zero-order valence-electron chi connectivity index (χ0n) is 20.8. The summed E-state index contributed by atoms with van der Waals surface area (Å²) in [5.41, 5.74) is 6.47. The molecule has 1 atom stereocenters. The number of rotatable bonds is 5. The van der Waals surface area contributed by atoms with Crippen molar-refractivity contribution in [1.29, 1.82) is 0 Å². The third-order valence-electron chi connectivity index (χ3n) is 6.29. The number of nitrogens with two attached hydrogens (primary N) is 1. The van der Waals surface area contributed by atoms with E-state index in [4.69, 9.17) is 20.4 Å². The minimum atomic E-state index is -5.08. The number of carboxylic acids is 2. The molecule has 0 radical (unpaired) electrons. The molecule has 1 aromatic heterocycles. The molecule has 1 amide bonds. The van der Waals surface area contributed by atoms with Crippen LogP contribution in [0.25, 0.3) is 16.6 Å². The van der Waals surface area contributed by atoms with Gasteiger partial charge in [0.15, 0.2) is 17.3 Å². The molecule has 41 heavy (non-hydrogen) atoms. The number of ether oxygens (including phenoxy) is 1. The fourth-order valence-corrected chi connectivity index (χ4v) is 4.65. The Bertz CT molecular complexity index is 1630. The summed E-state index contributed by atoms with van der Waals surface area (Å²) in [5.74, 6) is -4.57. The van der Waals surface area contributed by atoms with Crippen molar-refractivity contribution in [1.82, 2.24) is 9.88 Å². The lowest BCUT2D eigenvalue weighted by Crippen LogP contribution is -2.28. The molecule has 3 aromatic rings. The standard InChI is InChI=1S/C23H20BrFN4O5.C2HF3O2/c24-7-18(30)27-8-11-1-2-16-17(5-11)34-22-19-13(21(31)14(23(32)33)10-29(16)19)6-15(25)20(22)28-4-3-12(26)9-28;3-2(4,5)1(6)7/h1-2,5-6,10,12H,3-4,7-9,26H2,(H,27,30)(H,32,33);(H,6,7). The Labute approximate surface area is 236 Å². The first-order chi connectivity index (χ1) is 19.2. The van der Waals surface area contributed by atoms with E-state index in [1.165, 1.54) is 6.20 Å². The van der Waals surface area contributed by atoms with Crippen LogP contribution in [0.2, 0.25) is 0 Å². The first-order valence-corrected chi connectivity index (χ1v) is 12.9. The summed E-state index contributed by atoms with van der Waals surface area (Å²) in [6, 6.07) is 6.11. The van der Waals surface area contributed by atoms with Gasteiger partial charge in [-0.05, 0) is 30.2 Å². The van der Waals surface area contributed by atoms with E-state index in [-0.39, 0.29) is 40.6 Å². The maximum Gasteiger partial charge on any atom is 0.490 e. The SMILES string of the molecule is NC1CCN(c2c(F)cc3c(=O)c(C(=O)O)cn4c3c2Oc2cc(CNC(=O)CBr)ccc2-4)C1.O=C(O)C(F)(F)F. The van der Waals surface area contributed by atoms with Crippen LogP contribution in [0.3, 0.4) is 0 Å². The number of nitrogens with one attached hydrogen (secondary N) is 1. The van der Waals surface area contributed by atoms with Crippen molar-refractivity contribution < 1.29 is 46.9 Å². The van der Waals surface area contributed by atoms with Crippen LogP contribution in [-0.4, -0.2) is 63.3 Å². The molecule has 218 valence electrons. The summed E-state index contributed by atoms with van der Waals surface area (Å²) < 4.78 is 54.9. The number of pyridine rings is 1. The molecular formula is C25H21BrF4N4O7. The number of carbonyl (C=O) groups is 3. The highest BCUT2D eigenvalue weighted by atomic mass is 79.9. The number of nitrogens with zero attached hydrogens (tertiary/aromatic N) is 2. The Morgan fingerprint density at radius 3 is 2.44 bits per heavy atom. The third kappa shape index (κ3) is 5.97. The zero-order chi connectivity index (χ0) is 30.2. The quantitative estimate of drug-likeness (QED) is 0.189. The van der Waals surface area contributed by atoms with Crippen molar-refractivity contribution in [3.63, 3.8) is 0 Å². The monoisotopic (exact) mass is 644 g/mol. The average Bonchev–Trinajstić information content (AvgIpc) is 3.33. The lowest BCUT2D eigenvalue weighted by molar-refractivity contribution is -0.192. The van der Waals surface area contributed by atoms with Crippen molar-refractivity contribution in [2.45, 2.75) is 25.2 Å². The van der Waals surface area contributed by atoms with E-state index in [1.807, 2.05) is 0 Å². The van der Waals surface area contributed by atoms with E-state index in [2.05, 4.69) is 21.2 Å². The van der Waals surface area contributed by atoms with Gasteiger partial charge in [-0.2, -0.15) is 13.2 Å². The van der Waals surface area contributed by atoms with Gasteiger partial charge in [0.1, 0.15) is 16.8 Å². The first-order valence-electron chi connectivity index (χ1n) is 11.8. The Balaban J connectivity index is 0.000000493. The number of hydrogen-bond acceptors (Lipinski definition) is 7. The highest BCUT2D eigenvalue weighted by Crippen LogP contribution is 2.47. The summed E-state index contributed by atoms with van der Waals surface area (Å²) in [6.45, 7) is 1.18. The van der Waals surface area contributed by atoms with Crippen LogP contribution in [0.15, 0.2) is 35.3 Å². The summed E-state index contributed by atoms with van der Waals surface area (Å²) in [7, 11) is 0. The van der Waals surface area contributed by atoms with Gasteiger partial charge in [-0.25, -0.2) is 14.0 Å². The van der Waals surface area contributed by atoms with E-state index in [1.54, 1.807) is 27.7 Å². The van der Waals surface area contributed by atoms with Crippen LogP contribution < -0.4 is 26.1 Å². The minimum Gasteiger partial charge on any atom is -0.477 e. The molecule has 11 nitrogen and oxygen atoms in total. The molecule has 1 fully saturated rings. The minimum absolute atomic E-state index is 0.0843. The predicted molar refractivity (Wildman–Crippen MR) is 141 cm³/mol. The van der Waals surface area contributed by atoms with Crippen LogP contribution >= 0.6 is 15.9 Å². The number of aliphatic carboxylic acids is 1. The topological polar surface area (TPSA) is 164 Å². The van der Waals surface area contributed by atoms with Gasteiger partial charge in [0, 0.05) is 31.9 Å². The van der Waals surface area contributed by atoms with E-state index < -0.39 is 34.9 Å². The number of carbonyl (C=O) groups excluding carboxylic acids is 1. The number of aromatic carboxylic acids is 1. The smallest absolute Gasteiger partial charge is 0.477 e. The number of alkyl halides is 4. The van der Waals surface area contributed by atoms with Crippen molar-refractivity contribution in [3.8, 4) is 17.2 Å². The average molecular weight is 645 g/mol. The number of halogens is 5. The molecule has 2 aliphatic rings. The second-order valence-corrected chi connectivity index (χ2v) is 9.65. The highest BCUT2D eigenvalue weighted by molar-refractivity contribution is 9.09. The molecule has 3 heterocycles. The fourth-order valence-electron chi connectivity index (χ4n) is 4.45. The molecule has 0 spiro atoms. The zero-order valence-corrected chi connectivity index (χ0v) is 22.4. The van der Waals surface area contributed by atoms with Gasteiger partial charge in [-0.3, -0.25) is 9.59 Å². The fraction of sp³-hybridized carbons (Fsp3) is 0.280. The molecule has 0 bridgehead atoms. The van der Waals surface area contributed by atoms with Gasteiger partial charge in [-0.15, -0.1) is 0 Å². The number of fused-ring (bicyclic) bond motifs is 2. The molecule has 5 rings (SSSR count). The number of hydrogen-bond donors (Lipinski definition) is 4. The molecule has 5 N–H and O–H groups in total. The summed E-state index contributed by atoms with van der Waals surface area (Å²) in [5, 5.41) is 19.5. The second-order valence-electron chi connectivity index (χ2n) is 9.09. The van der Waals surface area contributed by atoms with Crippen LogP contribution in [0.1, 0.15) is 22.3 Å². The van der Waals surface area contributed by atoms with Gasteiger partial charge in [0.25, 0.3) is 0 Å². The maximum atomic E-state index is 15.4. The summed E-state index contributed by atoms with van der Waals surface area (Å²) in [4.78, 5) is 47.0. The Hall–Kier alpha value is -4.18. The molecule has 2 aromatic carbocycles. The third-order valence-corrected chi connectivity index (χ3v) is 6.80. The molecule has 1 saturated heterocycles. The number of amides is 1. The van der Waals surface area contributed by atoms with Crippen LogP contribution in [0.5, 0.6) is 11.5 Å². The largest absolute Gasteiger partial charge is 0.490 e. The van der Waals surface area contributed by atoms with Crippen LogP contribution in [0, 0.1) is 5.82 Å². The van der Waals surface area contributed by atoms with Crippen LogP contribution in [-0.2, 0) is 16.1 Å². The van der Waals surface area contributed by atoms with Crippen molar-refractivity contribution in [2.75, 3.05) is 23.3 Å². The van der Waals surface area contributed by atoms with Gasteiger partial charge >= 0.3 is 18.1 Å². The number of anilines is 1. The molecule has 16 heteroatoms. The summed E-state index contributed by atoms with van der Waals surface area (Å²) in [6.07, 6.45) is -3.17. The molecule has 1 unspecified atom stereocenters. The molecular weight excluding hydrogens is 624 g/mol. The van der Waals surface area contributed by atoms with E-state index in [0.717, 1.165) is 11.6 Å². The molecule has 2 aliphatic heterocycles. The number of aromatic nitrogens is 1. The Morgan fingerprint density at radius 2 is 1.88 bits per heavy atom. The normalized spacial score (nSPS) is 15.5. The Kier molecular flexibility index (Phi) is 8.26. The van der Waals surface area contributed by atoms with Crippen molar-refractivity contribution in [3.05, 3.63) is 57.6 Å². The lowest BCUT2D eigenvalue weighted by Gasteiger charge is -2.29.